The zero-order valence-electron chi connectivity index (χ0n) is 16.9. The molecule has 0 N–H and O–H groups in total. The molecule has 0 aliphatic carbocycles. The minimum absolute atomic E-state index is 0.102. The Bertz CT molecular complexity index is 973. The second kappa shape index (κ2) is 8.97. The number of likely N-dealkylation sites (N-methyl/N-ethyl adjacent to an activating group) is 2. The van der Waals surface area contributed by atoms with E-state index in [0.29, 0.717) is 35.5 Å². The van der Waals surface area contributed by atoms with Gasteiger partial charge in [-0.05, 0) is 71.3 Å². The van der Waals surface area contributed by atoms with Crippen LogP contribution in [-0.4, -0.2) is 41.5 Å². The lowest BCUT2D eigenvalue weighted by molar-refractivity contribution is -0.122. The maximum absolute atomic E-state index is 12.6. The van der Waals surface area contributed by atoms with E-state index in [4.69, 9.17) is 21.7 Å². The van der Waals surface area contributed by atoms with Gasteiger partial charge >= 0.3 is 0 Å². The highest BCUT2D eigenvalue weighted by atomic mass is 79.9. The second-order valence-electron chi connectivity index (χ2n) is 6.73. The van der Waals surface area contributed by atoms with Crippen molar-refractivity contribution < 1.29 is 14.3 Å². The Morgan fingerprint density at radius 1 is 1.21 bits per heavy atom. The molecule has 5 nitrogen and oxygen atoms in total. The Balaban J connectivity index is 1.87. The number of methoxy groups -OCH3 is 1. The maximum Gasteiger partial charge on any atom is 0.276 e. The molecule has 152 valence electrons. The Hall–Kier alpha value is -2.38. The highest BCUT2D eigenvalue weighted by molar-refractivity contribution is 9.10. The molecule has 0 unspecified atom stereocenters. The monoisotopic (exact) mass is 474 g/mol. The number of nitrogens with zero attached hydrogens (tertiary/aromatic N) is 2. The highest BCUT2D eigenvalue weighted by Gasteiger charge is 2.34. The first kappa shape index (κ1) is 21.3. The zero-order valence-corrected chi connectivity index (χ0v) is 19.3. The second-order valence-corrected chi connectivity index (χ2v) is 7.95. The van der Waals surface area contributed by atoms with Crippen LogP contribution in [0.15, 0.2) is 46.6 Å². The number of rotatable bonds is 6. The largest absolute Gasteiger partial charge is 0.493 e. The molecule has 0 saturated carbocycles. The summed E-state index contributed by atoms with van der Waals surface area (Å²) in [5.74, 6) is 1.10. The molecule has 7 heteroatoms. The van der Waals surface area contributed by atoms with Crippen LogP contribution in [0.25, 0.3) is 6.08 Å². The third-order valence-corrected chi connectivity index (χ3v) is 5.80. The fourth-order valence-electron chi connectivity index (χ4n) is 3.05. The molecule has 0 atom stereocenters. The molecule has 2 aromatic carbocycles. The molecule has 0 bridgehead atoms. The molecule has 0 radical (unpaired) electrons. The van der Waals surface area contributed by atoms with Crippen molar-refractivity contribution in [3.8, 4) is 11.5 Å². The number of ether oxygens (including phenoxy) is 2. The summed E-state index contributed by atoms with van der Waals surface area (Å²) in [5.41, 5.74) is 3.62. The van der Waals surface area contributed by atoms with Crippen molar-refractivity contribution in [3.05, 3.63) is 63.3 Å². The Morgan fingerprint density at radius 2 is 1.90 bits per heavy atom. The number of carbonyl (C=O) groups excluding carboxylic acids is 1. The number of thiocarbonyl (C=S) groups is 1. The van der Waals surface area contributed by atoms with E-state index in [2.05, 4.69) is 35.0 Å². The Labute approximate surface area is 185 Å². The molecule has 1 aliphatic heterocycles. The smallest absolute Gasteiger partial charge is 0.276 e. The molecule has 3 rings (SSSR count). The summed E-state index contributed by atoms with van der Waals surface area (Å²) in [6.07, 6.45) is 1.81. The summed E-state index contributed by atoms with van der Waals surface area (Å²) < 4.78 is 12.3. The van der Waals surface area contributed by atoms with Gasteiger partial charge in [-0.3, -0.25) is 9.69 Å². The fraction of sp³-hybridized carbons (Fsp3) is 0.273. The third kappa shape index (κ3) is 4.46. The SMILES string of the molecule is CCN1C(=O)/C(=C/c2cc(Br)c(OCc3ccc(C)cc3)c(OC)c2)N(C)C1=S. The summed E-state index contributed by atoms with van der Waals surface area (Å²) in [4.78, 5) is 15.9. The molecule has 1 saturated heterocycles. The summed E-state index contributed by atoms with van der Waals surface area (Å²) in [6.45, 7) is 4.92. The number of benzene rings is 2. The summed E-state index contributed by atoms with van der Waals surface area (Å²) in [7, 11) is 3.39. The van der Waals surface area contributed by atoms with E-state index < -0.39 is 0 Å². The number of aryl methyl sites for hydroxylation is 1. The van der Waals surface area contributed by atoms with Crippen LogP contribution in [-0.2, 0) is 11.4 Å². The molecule has 1 amide bonds. The lowest BCUT2D eigenvalue weighted by atomic mass is 10.1. The molecule has 1 heterocycles. The first-order valence-electron chi connectivity index (χ1n) is 9.22. The van der Waals surface area contributed by atoms with Crippen molar-refractivity contribution in [2.24, 2.45) is 0 Å². The molecule has 0 aromatic heterocycles. The fourth-order valence-corrected chi connectivity index (χ4v) is 3.94. The van der Waals surface area contributed by atoms with Crippen LogP contribution >= 0.6 is 28.1 Å². The topological polar surface area (TPSA) is 42.0 Å². The number of hydrogen-bond acceptors (Lipinski definition) is 4. The molecular weight excluding hydrogens is 452 g/mol. The van der Waals surface area contributed by atoms with Gasteiger partial charge in [0.05, 0.1) is 11.6 Å². The quantitative estimate of drug-likeness (QED) is 0.445. The van der Waals surface area contributed by atoms with Gasteiger partial charge in [-0.2, -0.15) is 0 Å². The van der Waals surface area contributed by atoms with Gasteiger partial charge in [0, 0.05) is 13.6 Å². The van der Waals surface area contributed by atoms with Crippen molar-refractivity contribution in [2.75, 3.05) is 20.7 Å². The van der Waals surface area contributed by atoms with Gasteiger partial charge in [-0.25, -0.2) is 0 Å². The van der Waals surface area contributed by atoms with Crippen molar-refractivity contribution in [1.82, 2.24) is 9.80 Å². The van der Waals surface area contributed by atoms with E-state index in [1.54, 1.807) is 30.0 Å². The summed E-state index contributed by atoms with van der Waals surface area (Å²) >= 11 is 8.93. The average molecular weight is 475 g/mol. The number of hydrogen-bond donors (Lipinski definition) is 0. The van der Waals surface area contributed by atoms with E-state index in [0.717, 1.165) is 15.6 Å². The normalized spacial score (nSPS) is 15.4. The van der Waals surface area contributed by atoms with E-state index in [1.165, 1.54) is 5.56 Å². The molecule has 1 fully saturated rings. The van der Waals surface area contributed by atoms with Crippen LogP contribution in [0.5, 0.6) is 11.5 Å². The third-order valence-electron chi connectivity index (χ3n) is 4.72. The summed E-state index contributed by atoms with van der Waals surface area (Å²) in [6, 6.07) is 11.9. The molecule has 2 aromatic rings. The Kier molecular flexibility index (Phi) is 6.59. The van der Waals surface area contributed by atoms with Crippen molar-refractivity contribution in [3.63, 3.8) is 0 Å². The van der Waals surface area contributed by atoms with Crippen molar-refractivity contribution in [2.45, 2.75) is 20.5 Å². The summed E-state index contributed by atoms with van der Waals surface area (Å²) in [5, 5.41) is 0.507. The van der Waals surface area contributed by atoms with E-state index in [1.807, 2.05) is 31.2 Å². The number of amides is 1. The van der Waals surface area contributed by atoms with Gasteiger partial charge in [0.15, 0.2) is 16.6 Å². The zero-order chi connectivity index (χ0) is 21.1. The van der Waals surface area contributed by atoms with Crippen LogP contribution in [0.3, 0.4) is 0 Å². The van der Waals surface area contributed by atoms with Crippen LogP contribution < -0.4 is 9.47 Å². The van der Waals surface area contributed by atoms with Crippen molar-refractivity contribution in [1.29, 1.82) is 0 Å². The highest BCUT2D eigenvalue weighted by Crippen LogP contribution is 2.38. The maximum atomic E-state index is 12.6. The van der Waals surface area contributed by atoms with E-state index in [9.17, 15) is 4.79 Å². The first-order chi connectivity index (χ1) is 13.8. The predicted octanol–water partition coefficient (Wildman–Crippen LogP) is 4.76. The van der Waals surface area contributed by atoms with Crippen LogP contribution in [0.4, 0.5) is 0 Å². The van der Waals surface area contributed by atoms with Gasteiger partial charge < -0.3 is 14.4 Å². The minimum atomic E-state index is -0.102. The standard InChI is InChI=1S/C22H23BrN2O3S/c1-5-25-21(26)18(24(3)22(25)29)11-16-10-17(23)20(19(12-16)27-4)28-13-15-8-6-14(2)7-9-15/h6-12H,5,13H2,1-4H3/b18-11-. The van der Waals surface area contributed by atoms with Gasteiger partial charge in [0.2, 0.25) is 0 Å². The molecule has 0 spiro atoms. The van der Waals surface area contributed by atoms with Gasteiger partial charge in [0.25, 0.3) is 5.91 Å². The molecule has 29 heavy (non-hydrogen) atoms. The van der Waals surface area contributed by atoms with Crippen LogP contribution in [0.1, 0.15) is 23.6 Å². The van der Waals surface area contributed by atoms with Gasteiger partial charge in [-0.1, -0.05) is 29.8 Å². The minimum Gasteiger partial charge on any atom is -0.493 e. The van der Waals surface area contributed by atoms with Crippen LogP contribution in [0.2, 0.25) is 0 Å². The van der Waals surface area contributed by atoms with E-state index >= 15 is 0 Å². The van der Waals surface area contributed by atoms with Gasteiger partial charge in [0.1, 0.15) is 12.3 Å². The number of halogens is 1. The lowest BCUT2D eigenvalue weighted by Crippen LogP contribution is -2.30. The van der Waals surface area contributed by atoms with E-state index in [-0.39, 0.29) is 5.91 Å². The predicted molar refractivity (Wildman–Crippen MR) is 122 cm³/mol. The average Bonchev–Trinajstić information content (AvgIpc) is 2.91. The Morgan fingerprint density at radius 3 is 2.48 bits per heavy atom. The van der Waals surface area contributed by atoms with Crippen molar-refractivity contribution >= 4 is 45.2 Å². The first-order valence-corrected chi connectivity index (χ1v) is 10.4. The molecular formula is C22H23BrN2O3S. The number of carbonyl (C=O) groups is 1. The lowest BCUT2D eigenvalue weighted by Gasteiger charge is -2.15. The van der Waals surface area contributed by atoms with Gasteiger partial charge in [-0.15, -0.1) is 0 Å². The van der Waals surface area contributed by atoms with Crippen LogP contribution in [0, 0.1) is 6.92 Å². The molecule has 1 aliphatic rings.